The van der Waals surface area contributed by atoms with E-state index >= 15 is 0 Å². The van der Waals surface area contributed by atoms with Crippen molar-refractivity contribution in [3.63, 3.8) is 0 Å². The summed E-state index contributed by atoms with van der Waals surface area (Å²) in [5, 5.41) is 2.82. The van der Waals surface area contributed by atoms with Crippen LogP contribution in [0.2, 0.25) is 0 Å². The second-order valence-corrected chi connectivity index (χ2v) is 6.10. The number of anilines is 2. The number of rotatable bonds is 4. The lowest BCUT2D eigenvalue weighted by molar-refractivity contribution is -0.122. The summed E-state index contributed by atoms with van der Waals surface area (Å²) >= 11 is 0. The average molecular weight is 323 g/mol. The summed E-state index contributed by atoms with van der Waals surface area (Å²) in [4.78, 5) is 30.7. The molecule has 1 aliphatic rings. The molecule has 0 aliphatic carbocycles. The van der Waals surface area contributed by atoms with Crippen LogP contribution in [0, 0.1) is 12.8 Å². The standard InChI is InChI=1S/C19H21N3O2/c1-3-14-6-4-5-7-16(14)22-12-15(11-18(22)23)19(24)21-17-10-13(2)8-9-20-17/h4-10,15H,3,11-12H2,1-2H3,(H,20,21,24). The molecule has 0 saturated carbocycles. The van der Waals surface area contributed by atoms with Gasteiger partial charge in [-0.2, -0.15) is 0 Å². The van der Waals surface area contributed by atoms with E-state index in [0.717, 1.165) is 23.2 Å². The molecular formula is C19H21N3O2. The molecule has 0 spiro atoms. The topological polar surface area (TPSA) is 62.3 Å². The number of aryl methyl sites for hydroxylation is 2. The van der Waals surface area contributed by atoms with Gasteiger partial charge in [-0.25, -0.2) is 4.98 Å². The fourth-order valence-corrected chi connectivity index (χ4v) is 3.02. The highest BCUT2D eigenvalue weighted by atomic mass is 16.2. The number of nitrogens with one attached hydrogen (secondary N) is 1. The first kappa shape index (κ1) is 16.2. The first-order valence-electron chi connectivity index (χ1n) is 8.20. The third-order valence-electron chi connectivity index (χ3n) is 4.33. The van der Waals surface area contributed by atoms with E-state index in [1.807, 2.05) is 43.3 Å². The second-order valence-electron chi connectivity index (χ2n) is 6.10. The Bertz CT molecular complexity index is 773. The molecule has 1 saturated heterocycles. The van der Waals surface area contributed by atoms with Crippen LogP contribution in [0.4, 0.5) is 11.5 Å². The highest BCUT2D eigenvalue weighted by Crippen LogP contribution is 2.29. The number of aromatic nitrogens is 1. The molecule has 1 aromatic heterocycles. The van der Waals surface area contributed by atoms with Crippen LogP contribution in [0.3, 0.4) is 0 Å². The van der Waals surface area contributed by atoms with Gasteiger partial charge in [-0.1, -0.05) is 25.1 Å². The van der Waals surface area contributed by atoms with Gasteiger partial charge in [-0.15, -0.1) is 0 Å². The van der Waals surface area contributed by atoms with Gasteiger partial charge in [0, 0.05) is 24.8 Å². The average Bonchev–Trinajstić information content (AvgIpc) is 2.96. The smallest absolute Gasteiger partial charge is 0.230 e. The Morgan fingerprint density at radius 3 is 2.88 bits per heavy atom. The maximum absolute atomic E-state index is 12.5. The minimum absolute atomic E-state index is 0.00625. The van der Waals surface area contributed by atoms with Crippen molar-refractivity contribution in [2.24, 2.45) is 5.92 Å². The first-order chi connectivity index (χ1) is 11.6. The van der Waals surface area contributed by atoms with Crippen LogP contribution >= 0.6 is 0 Å². The molecule has 2 heterocycles. The van der Waals surface area contributed by atoms with Crippen molar-refractivity contribution in [2.45, 2.75) is 26.7 Å². The summed E-state index contributed by atoms with van der Waals surface area (Å²) < 4.78 is 0. The van der Waals surface area contributed by atoms with Gasteiger partial charge in [0.2, 0.25) is 11.8 Å². The number of para-hydroxylation sites is 1. The molecule has 1 aliphatic heterocycles. The molecule has 0 radical (unpaired) electrons. The Kier molecular flexibility index (Phi) is 4.60. The van der Waals surface area contributed by atoms with Crippen molar-refractivity contribution in [3.8, 4) is 0 Å². The number of amides is 2. The van der Waals surface area contributed by atoms with Crippen molar-refractivity contribution >= 4 is 23.3 Å². The van der Waals surface area contributed by atoms with E-state index in [-0.39, 0.29) is 24.2 Å². The summed E-state index contributed by atoms with van der Waals surface area (Å²) in [5.41, 5.74) is 3.06. The molecule has 2 amide bonds. The summed E-state index contributed by atoms with van der Waals surface area (Å²) in [6.07, 6.45) is 2.74. The van der Waals surface area contributed by atoms with Crippen LogP contribution in [0.25, 0.3) is 0 Å². The maximum Gasteiger partial charge on any atom is 0.230 e. The Hall–Kier alpha value is -2.69. The van der Waals surface area contributed by atoms with Gasteiger partial charge in [0.15, 0.2) is 0 Å². The lowest BCUT2D eigenvalue weighted by Crippen LogP contribution is -2.29. The molecule has 1 fully saturated rings. The predicted molar refractivity (Wildman–Crippen MR) is 93.9 cm³/mol. The Balaban J connectivity index is 1.73. The number of benzene rings is 1. The minimum Gasteiger partial charge on any atom is -0.311 e. The molecule has 1 aromatic carbocycles. The van der Waals surface area contributed by atoms with E-state index in [4.69, 9.17) is 0 Å². The Morgan fingerprint density at radius 1 is 1.33 bits per heavy atom. The molecule has 24 heavy (non-hydrogen) atoms. The van der Waals surface area contributed by atoms with Gasteiger partial charge in [-0.05, 0) is 42.7 Å². The zero-order valence-electron chi connectivity index (χ0n) is 14.0. The van der Waals surface area contributed by atoms with Crippen LogP contribution in [-0.4, -0.2) is 23.3 Å². The van der Waals surface area contributed by atoms with Gasteiger partial charge < -0.3 is 10.2 Å². The molecule has 1 N–H and O–H groups in total. The van der Waals surface area contributed by atoms with E-state index in [0.29, 0.717) is 12.4 Å². The SMILES string of the molecule is CCc1ccccc1N1CC(C(=O)Nc2cc(C)ccn2)CC1=O. The van der Waals surface area contributed by atoms with E-state index in [1.54, 1.807) is 11.1 Å². The molecule has 5 nitrogen and oxygen atoms in total. The highest BCUT2D eigenvalue weighted by Gasteiger charge is 2.35. The summed E-state index contributed by atoms with van der Waals surface area (Å²) in [5.74, 6) is 0.00997. The molecular weight excluding hydrogens is 302 g/mol. The van der Waals surface area contributed by atoms with E-state index in [1.165, 1.54) is 0 Å². The highest BCUT2D eigenvalue weighted by molar-refractivity contribution is 6.03. The lowest BCUT2D eigenvalue weighted by Gasteiger charge is -2.19. The van der Waals surface area contributed by atoms with Crippen LogP contribution in [0.5, 0.6) is 0 Å². The zero-order chi connectivity index (χ0) is 17.1. The third kappa shape index (κ3) is 3.30. The largest absolute Gasteiger partial charge is 0.311 e. The first-order valence-corrected chi connectivity index (χ1v) is 8.20. The molecule has 3 rings (SSSR count). The quantitative estimate of drug-likeness (QED) is 0.941. The van der Waals surface area contributed by atoms with Crippen LogP contribution in [0.15, 0.2) is 42.6 Å². The zero-order valence-corrected chi connectivity index (χ0v) is 14.0. The fourth-order valence-electron chi connectivity index (χ4n) is 3.02. The number of pyridine rings is 1. The summed E-state index contributed by atoms with van der Waals surface area (Å²) in [7, 11) is 0. The molecule has 0 bridgehead atoms. The molecule has 1 atom stereocenters. The van der Waals surface area contributed by atoms with E-state index < -0.39 is 0 Å². The second kappa shape index (κ2) is 6.83. The van der Waals surface area contributed by atoms with Crippen molar-refractivity contribution in [3.05, 3.63) is 53.7 Å². The summed E-state index contributed by atoms with van der Waals surface area (Å²) in [6.45, 7) is 4.42. The van der Waals surface area contributed by atoms with Gasteiger partial charge in [0.25, 0.3) is 0 Å². The van der Waals surface area contributed by atoms with E-state index in [2.05, 4.69) is 17.2 Å². The summed E-state index contributed by atoms with van der Waals surface area (Å²) in [6, 6.07) is 11.5. The minimum atomic E-state index is -0.357. The van der Waals surface area contributed by atoms with Crippen molar-refractivity contribution in [1.82, 2.24) is 4.98 Å². The maximum atomic E-state index is 12.5. The van der Waals surface area contributed by atoms with E-state index in [9.17, 15) is 9.59 Å². The molecule has 5 heteroatoms. The third-order valence-corrected chi connectivity index (χ3v) is 4.33. The molecule has 1 unspecified atom stereocenters. The Labute approximate surface area is 141 Å². The van der Waals surface area contributed by atoms with Gasteiger partial charge in [-0.3, -0.25) is 9.59 Å². The molecule has 2 aromatic rings. The number of hydrogen-bond acceptors (Lipinski definition) is 3. The van der Waals surface area contributed by atoms with Crippen molar-refractivity contribution in [1.29, 1.82) is 0 Å². The van der Waals surface area contributed by atoms with Crippen LogP contribution < -0.4 is 10.2 Å². The van der Waals surface area contributed by atoms with Gasteiger partial charge in [0.1, 0.15) is 5.82 Å². The van der Waals surface area contributed by atoms with Gasteiger partial charge in [0.05, 0.1) is 5.92 Å². The number of hydrogen-bond donors (Lipinski definition) is 1. The number of carbonyl (C=O) groups excluding carboxylic acids is 2. The fraction of sp³-hybridized carbons (Fsp3) is 0.316. The van der Waals surface area contributed by atoms with Gasteiger partial charge >= 0.3 is 0 Å². The van der Waals surface area contributed by atoms with Crippen LogP contribution in [0.1, 0.15) is 24.5 Å². The van der Waals surface area contributed by atoms with Crippen LogP contribution in [-0.2, 0) is 16.0 Å². The molecule has 124 valence electrons. The lowest BCUT2D eigenvalue weighted by atomic mass is 10.1. The normalized spacial score (nSPS) is 17.2. The predicted octanol–water partition coefficient (Wildman–Crippen LogP) is 2.94. The Morgan fingerprint density at radius 2 is 2.12 bits per heavy atom. The number of carbonyl (C=O) groups is 2. The van der Waals surface area contributed by atoms with Crippen molar-refractivity contribution < 1.29 is 9.59 Å². The monoisotopic (exact) mass is 323 g/mol. The number of nitrogens with zero attached hydrogens (tertiary/aromatic N) is 2. The van der Waals surface area contributed by atoms with Crippen molar-refractivity contribution in [2.75, 3.05) is 16.8 Å².